The molecule has 2 aromatic rings. The Balaban J connectivity index is 1.66. The van der Waals surface area contributed by atoms with Crippen LogP contribution in [0, 0.1) is 0 Å². The van der Waals surface area contributed by atoms with E-state index in [4.69, 9.17) is 4.42 Å². The largest absolute Gasteiger partial charge is 0.414 e. The zero-order chi connectivity index (χ0) is 14.8. The molecule has 0 spiro atoms. The quantitative estimate of drug-likeness (QED) is 0.902. The highest BCUT2D eigenvalue weighted by Crippen LogP contribution is 2.24. The summed E-state index contributed by atoms with van der Waals surface area (Å²) in [7, 11) is 0. The van der Waals surface area contributed by atoms with Crippen LogP contribution in [-0.2, 0) is 4.79 Å². The van der Waals surface area contributed by atoms with E-state index < -0.39 is 0 Å². The van der Waals surface area contributed by atoms with E-state index >= 15 is 0 Å². The van der Waals surface area contributed by atoms with Crippen molar-refractivity contribution < 1.29 is 14.1 Å². The van der Waals surface area contributed by atoms with Crippen molar-refractivity contribution in [2.24, 2.45) is 0 Å². The van der Waals surface area contributed by atoms with Crippen molar-refractivity contribution in [3.8, 4) is 10.8 Å². The molecule has 0 saturated carbocycles. The van der Waals surface area contributed by atoms with Gasteiger partial charge in [-0.3, -0.25) is 4.79 Å². The SMILES string of the molecule is CC(=O)N1CC[NH+]([C@H](C)c2nnc(-c3cccs3)o2)CC1. The van der Waals surface area contributed by atoms with Crippen LogP contribution >= 0.6 is 11.3 Å². The second-order valence-electron chi connectivity index (χ2n) is 5.31. The third-order valence-electron chi connectivity index (χ3n) is 4.01. The second-order valence-corrected chi connectivity index (χ2v) is 6.26. The molecule has 21 heavy (non-hydrogen) atoms. The number of piperazine rings is 1. The Bertz CT molecular complexity index is 602. The monoisotopic (exact) mass is 307 g/mol. The van der Waals surface area contributed by atoms with Crippen molar-refractivity contribution in [3.05, 3.63) is 23.4 Å². The smallest absolute Gasteiger partial charge is 0.274 e. The predicted octanol–water partition coefficient (Wildman–Crippen LogP) is 0.606. The number of nitrogens with one attached hydrogen (secondary N) is 1. The second kappa shape index (κ2) is 5.95. The highest BCUT2D eigenvalue weighted by molar-refractivity contribution is 7.13. The van der Waals surface area contributed by atoms with Gasteiger partial charge in [0.15, 0.2) is 6.04 Å². The third kappa shape index (κ3) is 2.98. The summed E-state index contributed by atoms with van der Waals surface area (Å²) < 4.78 is 5.80. The lowest BCUT2D eigenvalue weighted by molar-refractivity contribution is -0.934. The molecule has 1 saturated heterocycles. The lowest BCUT2D eigenvalue weighted by atomic mass is 10.2. The van der Waals surface area contributed by atoms with Crippen LogP contribution in [0.4, 0.5) is 0 Å². The molecule has 6 nitrogen and oxygen atoms in total. The highest BCUT2D eigenvalue weighted by atomic mass is 32.1. The first-order valence-corrected chi connectivity index (χ1v) is 8.00. The molecule has 1 N–H and O–H groups in total. The Morgan fingerprint density at radius 3 is 2.81 bits per heavy atom. The molecule has 7 heteroatoms. The topological polar surface area (TPSA) is 63.7 Å². The van der Waals surface area contributed by atoms with Crippen LogP contribution in [0.5, 0.6) is 0 Å². The van der Waals surface area contributed by atoms with E-state index in [1.54, 1.807) is 18.3 Å². The summed E-state index contributed by atoms with van der Waals surface area (Å²) in [5, 5.41) is 10.3. The molecular formula is C14H19N4O2S+. The van der Waals surface area contributed by atoms with Crippen molar-refractivity contribution in [1.29, 1.82) is 0 Å². The maximum Gasteiger partial charge on any atom is 0.274 e. The fraction of sp³-hybridized carbons (Fsp3) is 0.500. The fourth-order valence-electron chi connectivity index (χ4n) is 2.63. The first-order chi connectivity index (χ1) is 10.1. The van der Waals surface area contributed by atoms with E-state index in [-0.39, 0.29) is 11.9 Å². The number of nitrogens with zero attached hydrogens (tertiary/aromatic N) is 3. The van der Waals surface area contributed by atoms with Gasteiger partial charge >= 0.3 is 0 Å². The van der Waals surface area contributed by atoms with Gasteiger partial charge in [0.05, 0.1) is 31.1 Å². The normalized spacial score (nSPS) is 17.9. The molecule has 1 atom stereocenters. The standard InChI is InChI=1S/C14H18N4O2S/c1-10(17-5-7-18(8-6-17)11(2)19)13-15-16-14(20-13)12-4-3-9-21-12/h3-4,9-10H,5-8H2,1-2H3/p+1/t10-/m1/s1. The molecule has 0 aromatic carbocycles. The first kappa shape index (κ1) is 14.2. The van der Waals surface area contributed by atoms with E-state index in [1.807, 2.05) is 22.4 Å². The molecule has 0 bridgehead atoms. The Kier molecular flexibility index (Phi) is 4.03. The van der Waals surface area contributed by atoms with Crippen LogP contribution in [0.15, 0.2) is 21.9 Å². The van der Waals surface area contributed by atoms with Gasteiger partial charge in [0.1, 0.15) is 0 Å². The van der Waals surface area contributed by atoms with Gasteiger partial charge in [-0.1, -0.05) is 6.07 Å². The zero-order valence-corrected chi connectivity index (χ0v) is 13.0. The van der Waals surface area contributed by atoms with Gasteiger partial charge in [0.2, 0.25) is 5.91 Å². The summed E-state index contributed by atoms with van der Waals surface area (Å²) in [6.07, 6.45) is 0. The van der Waals surface area contributed by atoms with Crippen molar-refractivity contribution in [1.82, 2.24) is 15.1 Å². The number of thiophene rings is 1. The van der Waals surface area contributed by atoms with E-state index in [1.165, 1.54) is 4.90 Å². The Morgan fingerprint density at radius 1 is 1.43 bits per heavy atom. The summed E-state index contributed by atoms with van der Waals surface area (Å²) in [4.78, 5) is 15.6. The molecule has 0 unspecified atom stereocenters. The molecular weight excluding hydrogens is 288 g/mol. The summed E-state index contributed by atoms with van der Waals surface area (Å²) >= 11 is 1.59. The van der Waals surface area contributed by atoms with Gasteiger partial charge in [-0.25, -0.2) is 0 Å². The maximum absolute atomic E-state index is 11.4. The molecule has 3 rings (SSSR count). The van der Waals surface area contributed by atoms with Crippen LogP contribution in [0.25, 0.3) is 10.8 Å². The predicted molar refractivity (Wildman–Crippen MR) is 79.0 cm³/mol. The van der Waals surface area contributed by atoms with Gasteiger partial charge in [-0.05, 0) is 18.4 Å². The van der Waals surface area contributed by atoms with Crippen molar-refractivity contribution >= 4 is 17.2 Å². The molecule has 1 fully saturated rings. The number of amides is 1. The number of rotatable bonds is 3. The minimum atomic E-state index is 0.152. The first-order valence-electron chi connectivity index (χ1n) is 7.12. The fourth-order valence-corrected chi connectivity index (χ4v) is 3.27. The minimum Gasteiger partial charge on any atom is -0.414 e. The molecule has 3 heterocycles. The number of carbonyl (C=O) groups is 1. The van der Waals surface area contributed by atoms with E-state index in [0.29, 0.717) is 11.8 Å². The van der Waals surface area contributed by atoms with Crippen molar-refractivity contribution in [2.45, 2.75) is 19.9 Å². The minimum absolute atomic E-state index is 0.152. The number of aromatic nitrogens is 2. The summed E-state index contributed by atoms with van der Waals surface area (Å²) in [5.74, 6) is 1.41. The third-order valence-corrected chi connectivity index (χ3v) is 4.86. The molecule has 112 valence electrons. The average molecular weight is 307 g/mol. The van der Waals surface area contributed by atoms with Crippen LogP contribution in [0.2, 0.25) is 0 Å². The highest BCUT2D eigenvalue weighted by Gasteiger charge is 2.29. The number of quaternary nitrogens is 1. The summed E-state index contributed by atoms with van der Waals surface area (Å²) in [6.45, 7) is 7.14. The van der Waals surface area contributed by atoms with Crippen molar-refractivity contribution in [3.63, 3.8) is 0 Å². The maximum atomic E-state index is 11.4. The molecule has 1 aliphatic heterocycles. The van der Waals surface area contributed by atoms with Gasteiger partial charge in [-0.15, -0.1) is 21.5 Å². The lowest BCUT2D eigenvalue weighted by Gasteiger charge is -2.33. The number of carbonyl (C=O) groups excluding carboxylic acids is 1. The van der Waals surface area contributed by atoms with Gasteiger partial charge in [-0.2, -0.15) is 0 Å². The van der Waals surface area contributed by atoms with E-state index in [9.17, 15) is 4.79 Å². The van der Waals surface area contributed by atoms with Crippen LogP contribution < -0.4 is 4.90 Å². The number of hydrogen-bond acceptors (Lipinski definition) is 5. The molecule has 1 aliphatic rings. The van der Waals surface area contributed by atoms with Crippen LogP contribution in [0.1, 0.15) is 25.8 Å². The van der Waals surface area contributed by atoms with E-state index in [2.05, 4.69) is 17.1 Å². The van der Waals surface area contributed by atoms with Gasteiger partial charge in [0, 0.05) is 6.92 Å². The Hall–Kier alpha value is -1.73. The van der Waals surface area contributed by atoms with Crippen LogP contribution in [0.3, 0.4) is 0 Å². The Morgan fingerprint density at radius 2 is 2.19 bits per heavy atom. The summed E-state index contributed by atoms with van der Waals surface area (Å²) in [5.41, 5.74) is 0. The Labute approximate surface area is 127 Å². The van der Waals surface area contributed by atoms with Crippen molar-refractivity contribution in [2.75, 3.05) is 26.2 Å². The van der Waals surface area contributed by atoms with Gasteiger partial charge < -0.3 is 14.2 Å². The molecule has 0 aliphatic carbocycles. The molecule has 2 aromatic heterocycles. The summed E-state index contributed by atoms with van der Waals surface area (Å²) in [6, 6.07) is 4.10. The lowest BCUT2D eigenvalue weighted by Crippen LogP contribution is -3.14. The van der Waals surface area contributed by atoms with E-state index in [0.717, 1.165) is 31.1 Å². The van der Waals surface area contributed by atoms with Crippen LogP contribution in [-0.4, -0.2) is 47.2 Å². The zero-order valence-electron chi connectivity index (χ0n) is 12.2. The molecule has 0 radical (unpaired) electrons. The molecule has 1 amide bonds. The van der Waals surface area contributed by atoms with Gasteiger partial charge in [0.25, 0.3) is 11.8 Å². The number of hydrogen-bond donors (Lipinski definition) is 1. The average Bonchev–Trinajstić information content (AvgIpc) is 3.17.